The molecule has 7 rings (SSSR count). The van der Waals surface area contributed by atoms with Gasteiger partial charge in [-0.1, -0.05) is 42.5 Å². The molecule has 1 N–H and O–H groups in total. The average Bonchev–Trinajstić information content (AvgIpc) is 3.22. The van der Waals surface area contributed by atoms with Crippen molar-refractivity contribution in [3.05, 3.63) is 78.4 Å². The number of nitrogens with zero attached hydrogens (tertiary/aromatic N) is 5. The number of nitrogens with one attached hydrogen (secondary N) is 1. The van der Waals surface area contributed by atoms with Gasteiger partial charge in [0, 0.05) is 56.6 Å². The van der Waals surface area contributed by atoms with Crippen LogP contribution in [0.3, 0.4) is 0 Å². The molecule has 1 amide bonds. The number of carbonyl (C=O) groups is 1. The molecule has 158 valence electrons. The van der Waals surface area contributed by atoms with E-state index in [4.69, 9.17) is 0 Å². The van der Waals surface area contributed by atoms with E-state index < -0.39 is 0 Å². The SMILES string of the molecule is O=C(N[C@@H]1C2CN3CCN(C2)CC1(c1ccccc1)C3)c1ccccc1-n1cnnc1. The number of benzene rings is 2. The lowest BCUT2D eigenvalue weighted by Gasteiger charge is -2.55. The molecule has 3 atom stereocenters. The second kappa shape index (κ2) is 7.28. The van der Waals surface area contributed by atoms with Crippen LogP contribution in [0.15, 0.2) is 67.3 Å². The smallest absolute Gasteiger partial charge is 0.253 e. The van der Waals surface area contributed by atoms with Crippen LogP contribution in [-0.4, -0.2) is 75.8 Å². The van der Waals surface area contributed by atoms with Crippen molar-refractivity contribution in [1.29, 1.82) is 0 Å². The van der Waals surface area contributed by atoms with Gasteiger partial charge in [0.05, 0.1) is 11.3 Å². The molecule has 0 spiro atoms. The molecule has 5 heterocycles. The number of para-hydroxylation sites is 1. The van der Waals surface area contributed by atoms with Crippen molar-refractivity contribution < 1.29 is 4.79 Å². The Bertz CT molecular complexity index is 1070. The zero-order chi connectivity index (χ0) is 20.8. The number of hydrogen-bond acceptors (Lipinski definition) is 5. The molecule has 1 aromatic heterocycles. The Morgan fingerprint density at radius 1 is 0.903 bits per heavy atom. The van der Waals surface area contributed by atoms with Gasteiger partial charge in [-0.15, -0.1) is 10.2 Å². The Morgan fingerprint density at radius 3 is 2.26 bits per heavy atom. The highest BCUT2D eigenvalue weighted by Crippen LogP contribution is 2.43. The van der Waals surface area contributed by atoms with Crippen LogP contribution in [0.1, 0.15) is 15.9 Å². The predicted octanol–water partition coefficient (Wildman–Crippen LogP) is 1.56. The van der Waals surface area contributed by atoms with Gasteiger partial charge in [0.25, 0.3) is 5.91 Å². The summed E-state index contributed by atoms with van der Waals surface area (Å²) >= 11 is 0. The van der Waals surface area contributed by atoms with Crippen molar-refractivity contribution in [2.75, 3.05) is 39.3 Å². The van der Waals surface area contributed by atoms with Gasteiger partial charge >= 0.3 is 0 Å². The van der Waals surface area contributed by atoms with Gasteiger partial charge in [0.1, 0.15) is 12.7 Å². The predicted molar refractivity (Wildman–Crippen MR) is 117 cm³/mol. The Labute approximate surface area is 181 Å². The lowest BCUT2D eigenvalue weighted by molar-refractivity contribution is 0.0180. The molecule has 4 saturated heterocycles. The maximum absolute atomic E-state index is 13.6. The van der Waals surface area contributed by atoms with E-state index in [1.165, 1.54) is 5.56 Å². The molecule has 7 nitrogen and oxygen atoms in total. The third-order valence-electron chi connectivity index (χ3n) is 7.28. The first-order valence-corrected chi connectivity index (χ1v) is 11.0. The molecule has 7 heteroatoms. The van der Waals surface area contributed by atoms with E-state index in [9.17, 15) is 4.79 Å². The number of hydrogen-bond donors (Lipinski definition) is 1. The van der Waals surface area contributed by atoms with Crippen molar-refractivity contribution in [2.45, 2.75) is 11.5 Å². The van der Waals surface area contributed by atoms with Crippen LogP contribution in [0.25, 0.3) is 5.69 Å². The van der Waals surface area contributed by atoms with Crippen LogP contribution in [0.2, 0.25) is 0 Å². The molecular formula is C24H26N6O. The van der Waals surface area contributed by atoms with Crippen molar-refractivity contribution >= 4 is 5.91 Å². The molecule has 31 heavy (non-hydrogen) atoms. The fourth-order valence-electron chi connectivity index (χ4n) is 6.00. The third kappa shape index (κ3) is 3.07. The summed E-state index contributed by atoms with van der Waals surface area (Å²) < 4.78 is 1.79. The summed E-state index contributed by atoms with van der Waals surface area (Å²) in [6, 6.07) is 18.5. The first kappa shape index (κ1) is 18.7. The largest absolute Gasteiger partial charge is 0.348 e. The summed E-state index contributed by atoms with van der Waals surface area (Å²) in [5, 5.41) is 11.3. The van der Waals surface area contributed by atoms with Crippen molar-refractivity contribution in [3.63, 3.8) is 0 Å². The Kier molecular flexibility index (Phi) is 4.40. The molecule has 4 fully saturated rings. The summed E-state index contributed by atoms with van der Waals surface area (Å²) in [4.78, 5) is 18.8. The van der Waals surface area contributed by atoms with E-state index in [1.807, 2.05) is 24.3 Å². The molecule has 4 aliphatic heterocycles. The maximum Gasteiger partial charge on any atom is 0.253 e. The molecule has 3 aromatic rings. The monoisotopic (exact) mass is 414 g/mol. The van der Waals surface area contributed by atoms with Gasteiger partial charge in [-0.3, -0.25) is 9.36 Å². The Morgan fingerprint density at radius 2 is 1.55 bits per heavy atom. The summed E-state index contributed by atoms with van der Waals surface area (Å²) in [6.07, 6.45) is 3.26. The maximum atomic E-state index is 13.6. The number of amides is 1. The van der Waals surface area contributed by atoms with Crippen LogP contribution < -0.4 is 5.32 Å². The minimum atomic E-state index is -0.0971. The van der Waals surface area contributed by atoms with Gasteiger partial charge in [0.15, 0.2) is 0 Å². The number of aromatic nitrogens is 3. The fourth-order valence-corrected chi connectivity index (χ4v) is 6.00. The Balaban J connectivity index is 1.38. The fraction of sp³-hybridized carbons (Fsp3) is 0.375. The number of rotatable bonds is 4. The van der Waals surface area contributed by atoms with Crippen LogP contribution >= 0.6 is 0 Å². The molecule has 4 bridgehead atoms. The summed E-state index contributed by atoms with van der Waals surface area (Å²) in [5.41, 5.74) is 2.68. The van der Waals surface area contributed by atoms with Crippen LogP contribution in [0, 0.1) is 5.92 Å². The zero-order valence-electron chi connectivity index (χ0n) is 17.4. The van der Waals surface area contributed by atoms with Gasteiger partial charge in [0.2, 0.25) is 0 Å². The first-order valence-electron chi connectivity index (χ1n) is 11.0. The van der Waals surface area contributed by atoms with Gasteiger partial charge in [-0.05, 0) is 17.7 Å². The second-order valence-electron chi connectivity index (χ2n) is 9.09. The van der Waals surface area contributed by atoms with Crippen molar-refractivity contribution in [1.82, 2.24) is 29.9 Å². The molecule has 2 aromatic carbocycles. The summed E-state index contributed by atoms with van der Waals surface area (Å²) in [5.74, 6) is 0.386. The minimum Gasteiger partial charge on any atom is -0.348 e. The molecule has 2 unspecified atom stereocenters. The molecule has 0 radical (unpaired) electrons. The molecule has 0 aliphatic carbocycles. The third-order valence-corrected chi connectivity index (χ3v) is 7.28. The number of fused-ring (bicyclic) bond motifs is 1. The number of carbonyl (C=O) groups excluding carboxylic acids is 1. The van der Waals surface area contributed by atoms with Gasteiger partial charge in [-0.2, -0.15) is 0 Å². The van der Waals surface area contributed by atoms with E-state index in [0.717, 1.165) is 45.0 Å². The topological polar surface area (TPSA) is 66.3 Å². The molecule has 4 aliphatic rings. The van der Waals surface area contributed by atoms with E-state index in [-0.39, 0.29) is 17.4 Å². The molecule has 0 saturated carbocycles. The Hall–Kier alpha value is -3.03. The van der Waals surface area contributed by atoms with Crippen LogP contribution in [0.4, 0.5) is 0 Å². The highest BCUT2D eigenvalue weighted by molar-refractivity contribution is 5.98. The summed E-state index contributed by atoms with van der Waals surface area (Å²) in [6.45, 7) is 6.29. The normalized spacial score (nSPS) is 31.4. The summed E-state index contributed by atoms with van der Waals surface area (Å²) in [7, 11) is 0. The highest BCUT2D eigenvalue weighted by atomic mass is 16.1. The number of piperidine rings is 2. The van der Waals surface area contributed by atoms with Crippen molar-refractivity contribution in [2.24, 2.45) is 5.92 Å². The average molecular weight is 415 g/mol. The quantitative estimate of drug-likeness (QED) is 0.702. The van der Waals surface area contributed by atoms with Crippen molar-refractivity contribution in [3.8, 4) is 5.69 Å². The van der Waals surface area contributed by atoms with Crippen LogP contribution in [-0.2, 0) is 5.41 Å². The molecular weight excluding hydrogens is 388 g/mol. The second-order valence-corrected chi connectivity index (χ2v) is 9.09. The van der Waals surface area contributed by atoms with E-state index >= 15 is 0 Å². The van der Waals surface area contributed by atoms with E-state index in [1.54, 1.807) is 17.2 Å². The first-order chi connectivity index (χ1) is 15.2. The lowest BCUT2D eigenvalue weighted by atomic mass is 9.64. The van der Waals surface area contributed by atoms with E-state index in [0.29, 0.717) is 11.5 Å². The van der Waals surface area contributed by atoms with Crippen LogP contribution in [0.5, 0.6) is 0 Å². The standard InChI is InChI=1S/C24H26N6O/c31-23(20-8-4-5-9-21(20)30-16-25-26-17-30)27-22-18-12-28-10-11-29(13-18)15-24(22,14-28)19-6-2-1-3-7-19/h1-9,16-18,22H,10-15H2,(H,27,31)/t18?,22-,24?/m1/s1. The van der Waals surface area contributed by atoms with E-state index in [2.05, 4.69) is 55.6 Å². The van der Waals surface area contributed by atoms with Gasteiger partial charge in [-0.25, -0.2) is 0 Å². The minimum absolute atomic E-state index is 0.0271. The highest BCUT2D eigenvalue weighted by Gasteiger charge is 2.55. The van der Waals surface area contributed by atoms with Gasteiger partial charge < -0.3 is 15.1 Å². The lowest BCUT2D eigenvalue weighted by Crippen LogP contribution is -2.70. The zero-order valence-corrected chi connectivity index (χ0v) is 17.4.